The molecule has 0 aromatic carbocycles. The summed E-state index contributed by atoms with van der Waals surface area (Å²) in [4.78, 5) is 23.0. The highest BCUT2D eigenvalue weighted by Gasteiger charge is 2.09. The number of nitrogens with zero attached hydrogens (tertiary/aromatic N) is 4. The summed E-state index contributed by atoms with van der Waals surface area (Å²) in [6, 6.07) is 0. The van der Waals surface area contributed by atoms with Crippen LogP contribution in [-0.2, 0) is 0 Å². The van der Waals surface area contributed by atoms with Crippen LogP contribution in [0.3, 0.4) is 0 Å². The molecule has 1 aromatic rings. The molecule has 0 spiro atoms. The summed E-state index contributed by atoms with van der Waals surface area (Å²) < 4.78 is 0. The Hall–Kier alpha value is -1.69. The molecule has 0 atom stereocenters. The summed E-state index contributed by atoms with van der Waals surface area (Å²) in [7, 11) is 4.07. The van der Waals surface area contributed by atoms with Gasteiger partial charge in [0.05, 0.1) is 5.56 Å². The molecule has 1 N–H and O–H groups in total. The molecule has 0 fully saturated rings. The minimum atomic E-state index is -1.00. The lowest BCUT2D eigenvalue weighted by Crippen LogP contribution is -2.28. The zero-order valence-corrected chi connectivity index (χ0v) is 11.1. The quantitative estimate of drug-likeness (QED) is 0.779. The van der Waals surface area contributed by atoms with Gasteiger partial charge in [-0.25, -0.2) is 14.8 Å². The molecule has 1 heterocycles. The summed E-state index contributed by atoms with van der Waals surface area (Å²) in [5.74, 6) is -0.418. The van der Waals surface area contributed by atoms with Crippen LogP contribution < -0.4 is 4.90 Å². The number of carboxylic acids is 1. The van der Waals surface area contributed by atoms with Crippen LogP contribution in [0, 0.1) is 0 Å². The Balaban J connectivity index is 2.61. The number of anilines is 1. The van der Waals surface area contributed by atoms with E-state index in [-0.39, 0.29) is 5.56 Å². The third-order valence-electron chi connectivity index (χ3n) is 2.58. The lowest BCUT2D eigenvalue weighted by Gasteiger charge is -2.21. The maximum atomic E-state index is 10.7. The van der Waals surface area contributed by atoms with Gasteiger partial charge in [-0.1, -0.05) is 0 Å². The largest absolute Gasteiger partial charge is 0.478 e. The predicted molar refractivity (Wildman–Crippen MR) is 70.0 cm³/mol. The van der Waals surface area contributed by atoms with Crippen molar-refractivity contribution < 1.29 is 9.90 Å². The van der Waals surface area contributed by atoms with Gasteiger partial charge in [-0.2, -0.15) is 0 Å². The number of rotatable bonds is 7. The van der Waals surface area contributed by atoms with Crippen molar-refractivity contribution in [3.8, 4) is 0 Å². The Kier molecular flexibility index (Phi) is 5.51. The van der Waals surface area contributed by atoms with Crippen LogP contribution in [0.15, 0.2) is 12.4 Å². The van der Waals surface area contributed by atoms with Gasteiger partial charge in [0.25, 0.3) is 0 Å². The summed E-state index contributed by atoms with van der Waals surface area (Å²) in [6.45, 7) is 4.70. The third-order valence-corrected chi connectivity index (χ3v) is 2.58. The minimum Gasteiger partial charge on any atom is -0.478 e. The van der Waals surface area contributed by atoms with Gasteiger partial charge in [-0.05, 0) is 34.0 Å². The molecule has 6 nitrogen and oxygen atoms in total. The highest BCUT2D eigenvalue weighted by atomic mass is 16.4. The van der Waals surface area contributed by atoms with E-state index in [1.54, 1.807) is 0 Å². The molecular weight excluding hydrogens is 232 g/mol. The van der Waals surface area contributed by atoms with Crippen LogP contribution >= 0.6 is 0 Å². The van der Waals surface area contributed by atoms with Crippen molar-refractivity contribution in [3.05, 3.63) is 18.0 Å². The second-order valence-corrected chi connectivity index (χ2v) is 4.31. The number of hydrogen-bond donors (Lipinski definition) is 1. The highest BCUT2D eigenvalue weighted by Crippen LogP contribution is 2.07. The summed E-state index contributed by atoms with van der Waals surface area (Å²) >= 11 is 0. The molecule has 1 aromatic heterocycles. The second kappa shape index (κ2) is 6.90. The Morgan fingerprint density at radius 3 is 2.33 bits per heavy atom. The molecule has 0 saturated heterocycles. The predicted octanol–water partition coefficient (Wildman–Crippen LogP) is 0.953. The van der Waals surface area contributed by atoms with Crippen LogP contribution in [0.4, 0.5) is 5.95 Å². The fourth-order valence-corrected chi connectivity index (χ4v) is 1.57. The molecule has 18 heavy (non-hydrogen) atoms. The van der Waals surface area contributed by atoms with E-state index in [1.165, 1.54) is 12.4 Å². The van der Waals surface area contributed by atoms with Gasteiger partial charge in [0.2, 0.25) is 5.95 Å². The van der Waals surface area contributed by atoms with Crippen molar-refractivity contribution >= 4 is 11.9 Å². The molecule has 0 aliphatic carbocycles. The SMILES string of the molecule is CCN(CCCN(C)C)c1ncc(C(=O)O)cn1. The first-order valence-corrected chi connectivity index (χ1v) is 5.99. The average molecular weight is 252 g/mol. The maximum absolute atomic E-state index is 10.7. The van der Waals surface area contributed by atoms with E-state index in [0.29, 0.717) is 5.95 Å². The van der Waals surface area contributed by atoms with Crippen LogP contribution in [0.25, 0.3) is 0 Å². The van der Waals surface area contributed by atoms with Gasteiger partial charge in [0.1, 0.15) is 0 Å². The number of hydrogen-bond acceptors (Lipinski definition) is 5. The number of aromatic carboxylic acids is 1. The van der Waals surface area contributed by atoms with Crippen molar-refractivity contribution in [1.29, 1.82) is 0 Å². The van der Waals surface area contributed by atoms with Crippen LogP contribution in [0.1, 0.15) is 23.7 Å². The Bertz CT molecular complexity index is 378. The highest BCUT2D eigenvalue weighted by molar-refractivity contribution is 5.86. The number of carboxylic acid groups (broad SMARTS) is 1. The zero-order chi connectivity index (χ0) is 13.5. The summed E-state index contributed by atoms with van der Waals surface area (Å²) in [5, 5.41) is 8.77. The van der Waals surface area contributed by atoms with Crippen molar-refractivity contribution in [2.75, 3.05) is 38.6 Å². The number of aromatic nitrogens is 2. The topological polar surface area (TPSA) is 69.6 Å². The number of carbonyl (C=O) groups is 1. The van der Waals surface area contributed by atoms with E-state index >= 15 is 0 Å². The molecule has 0 amide bonds. The second-order valence-electron chi connectivity index (χ2n) is 4.31. The van der Waals surface area contributed by atoms with E-state index in [1.807, 2.05) is 25.9 Å². The first kappa shape index (κ1) is 14.4. The summed E-state index contributed by atoms with van der Waals surface area (Å²) in [5.41, 5.74) is 0.114. The van der Waals surface area contributed by atoms with E-state index < -0.39 is 5.97 Å². The monoisotopic (exact) mass is 252 g/mol. The van der Waals surface area contributed by atoms with E-state index in [0.717, 1.165) is 26.1 Å². The van der Waals surface area contributed by atoms with Gasteiger partial charge < -0.3 is 14.9 Å². The molecule has 0 bridgehead atoms. The molecule has 0 aliphatic heterocycles. The van der Waals surface area contributed by atoms with Gasteiger partial charge in [-0.3, -0.25) is 0 Å². The van der Waals surface area contributed by atoms with Crippen molar-refractivity contribution in [3.63, 3.8) is 0 Å². The molecular formula is C12H20N4O2. The van der Waals surface area contributed by atoms with Crippen LogP contribution in [0.5, 0.6) is 0 Å². The smallest absolute Gasteiger partial charge is 0.338 e. The van der Waals surface area contributed by atoms with Gasteiger partial charge in [0.15, 0.2) is 0 Å². The van der Waals surface area contributed by atoms with Gasteiger partial charge in [0, 0.05) is 25.5 Å². The molecule has 1 rings (SSSR count). The standard InChI is InChI=1S/C12H20N4O2/c1-4-16(7-5-6-15(2)3)12-13-8-10(9-14-12)11(17)18/h8-9H,4-7H2,1-3H3,(H,17,18). The van der Waals surface area contributed by atoms with E-state index in [2.05, 4.69) is 14.9 Å². The van der Waals surface area contributed by atoms with Crippen LogP contribution in [-0.4, -0.2) is 59.7 Å². The normalized spacial score (nSPS) is 10.7. The lowest BCUT2D eigenvalue weighted by molar-refractivity contribution is 0.0696. The van der Waals surface area contributed by atoms with E-state index in [9.17, 15) is 4.79 Å². The first-order chi connectivity index (χ1) is 8.54. The Morgan fingerprint density at radius 1 is 1.28 bits per heavy atom. The third kappa shape index (κ3) is 4.29. The fraction of sp³-hybridized carbons (Fsp3) is 0.583. The molecule has 0 saturated carbocycles. The molecule has 0 unspecified atom stereocenters. The Morgan fingerprint density at radius 2 is 1.89 bits per heavy atom. The first-order valence-electron chi connectivity index (χ1n) is 5.99. The van der Waals surface area contributed by atoms with Gasteiger partial charge in [-0.15, -0.1) is 0 Å². The van der Waals surface area contributed by atoms with Gasteiger partial charge >= 0.3 is 5.97 Å². The Labute approximate surface area is 107 Å². The maximum Gasteiger partial charge on any atom is 0.338 e. The molecule has 6 heteroatoms. The van der Waals surface area contributed by atoms with Crippen molar-refractivity contribution in [2.24, 2.45) is 0 Å². The van der Waals surface area contributed by atoms with Crippen LogP contribution in [0.2, 0.25) is 0 Å². The molecule has 0 aliphatic rings. The molecule has 100 valence electrons. The van der Waals surface area contributed by atoms with Crippen molar-refractivity contribution in [1.82, 2.24) is 14.9 Å². The molecule has 0 radical (unpaired) electrons. The minimum absolute atomic E-state index is 0.114. The summed E-state index contributed by atoms with van der Waals surface area (Å²) in [6.07, 6.45) is 3.71. The van der Waals surface area contributed by atoms with Crippen molar-refractivity contribution in [2.45, 2.75) is 13.3 Å². The lowest BCUT2D eigenvalue weighted by atomic mass is 10.3. The fourth-order valence-electron chi connectivity index (χ4n) is 1.57. The zero-order valence-electron chi connectivity index (χ0n) is 11.1. The van der Waals surface area contributed by atoms with E-state index in [4.69, 9.17) is 5.11 Å². The average Bonchev–Trinajstić information content (AvgIpc) is 2.34.